The van der Waals surface area contributed by atoms with Crippen molar-refractivity contribution < 1.29 is 9.90 Å². The fourth-order valence-electron chi connectivity index (χ4n) is 3.18. The van der Waals surface area contributed by atoms with E-state index >= 15 is 0 Å². The quantitative estimate of drug-likeness (QED) is 0.917. The van der Waals surface area contributed by atoms with E-state index in [-0.39, 0.29) is 24.3 Å². The summed E-state index contributed by atoms with van der Waals surface area (Å²) in [5.74, 6) is 0.171. The molecule has 1 fully saturated rings. The normalized spacial score (nSPS) is 21.3. The van der Waals surface area contributed by atoms with Crippen LogP contribution in [0, 0.1) is 12.8 Å². The molecule has 3 heterocycles. The molecule has 0 spiro atoms. The number of amides is 1. The van der Waals surface area contributed by atoms with Gasteiger partial charge < -0.3 is 10.0 Å². The topological polar surface area (TPSA) is 71.2 Å². The fraction of sp³-hybridized carbons (Fsp3) is 0.438. The molecule has 0 saturated carbocycles. The number of nitrogens with zero attached hydrogens (tertiary/aromatic N) is 4. The van der Waals surface area contributed by atoms with Gasteiger partial charge in [-0.15, -0.1) is 0 Å². The average Bonchev–Trinajstić information content (AvgIpc) is 3.10. The minimum atomic E-state index is -0.0295. The molecule has 1 N–H and O–H groups in total. The van der Waals surface area contributed by atoms with Gasteiger partial charge in [-0.25, -0.2) is 0 Å². The summed E-state index contributed by atoms with van der Waals surface area (Å²) in [5, 5.41) is 13.9. The zero-order chi connectivity index (χ0) is 15.7. The third-order valence-electron chi connectivity index (χ3n) is 4.32. The number of aliphatic hydroxyl groups excluding tert-OH is 1. The second-order valence-electron chi connectivity index (χ2n) is 5.83. The first-order valence-electron chi connectivity index (χ1n) is 7.41. The summed E-state index contributed by atoms with van der Waals surface area (Å²) in [6, 6.07) is 5.71. The fourth-order valence-corrected chi connectivity index (χ4v) is 3.18. The van der Waals surface area contributed by atoms with Crippen molar-refractivity contribution >= 4 is 5.91 Å². The van der Waals surface area contributed by atoms with Crippen molar-refractivity contribution in [3.05, 3.63) is 47.5 Å². The SMILES string of the molecule is Cc1cc(C(=O)N2C[C@@H](CO)[C@H](c3ccncc3)C2)n(C)n1. The lowest BCUT2D eigenvalue weighted by molar-refractivity contribution is 0.0770. The van der Waals surface area contributed by atoms with Gasteiger partial charge in [0, 0.05) is 51.0 Å². The molecule has 3 rings (SSSR count). The van der Waals surface area contributed by atoms with Crippen LogP contribution in [-0.4, -0.2) is 50.4 Å². The van der Waals surface area contributed by atoms with Crippen LogP contribution < -0.4 is 0 Å². The maximum absolute atomic E-state index is 12.7. The summed E-state index contributed by atoms with van der Waals surface area (Å²) in [7, 11) is 1.78. The minimum absolute atomic E-state index is 0.0295. The molecule has 116 valence electrons. The van der Waals surface area contributed by atoms with E-state index in [2.05, 4.69) is 10.1 Å². The van der Waals surface area contributed by atoms with E-state index in [1.807, 2.05) is 24.0 Å². The van der Waals surface area contributed by atoms with Crippen molar-refractivity contribution in [1.29, 1.82) is 0 Å². The molecule has 2 aromatic heterocycles. The van der Waals surface area contributed by atoms with Gasteiger partial charge in [0.25, 0.3) is 5.91 Å². The van der Waals surface area contributed by atoms with Gasteiger partial charge in [0.1, 0.15) is 5.69 Å². The molecule has 1 saturated heterocycles. The van der Waals surface area contributed by atoms with Gasteiger partial charge in [-0.05, 0) is 30.7 Å². The van der Waals surface area contributed by atoms with Crippen LogP contribution in [-0.2, 0) is 7.05 Å². The Kier molecular flexibility index (Phi) is 3.94. The molecule has 22 heavy (non-hydrogen) atoms. The Morgan fingerprint density at radius 3 is 2.68 bits per heavy atom. The van der Waals surface area contributed by atoms with E-state index in [0.717, 1.165) is 11.3 Å². The Hall–Kier alpha value is -2.21. The van der Waals surface area contributed by atoms with Crippen molar-refractivity contribution in [3.63, 3.8) is 0 Å². The molecule has 0 radical (unpaired) electrons. The van der Waals surface area contributed by atoms with Crippen LogP contribution in [0.1, 0.15) is 27.7 Å². The smallest absolute Gasteiger partial charge is 0.272 e. The second-order valence-corrected chi connectivity index (χ2v) is 5.83. The van der Waals surface area contributed by atoms with Gasteiger partial charge in [-0.1, -0.05) is 0 Å². The lowest BCUT2D eigenvalue weighted by Crippen LogP contribution is -2.30. The third kappa shape index (κ3) is 2.62. The number of hydrogen-bond acceptors (Lipinski definition) is 4. The third-order valence-corrected chi connectivity index (χ3v) is 4.32. The standard InChI is InChI=1S/C16H20N4O2/c1-11-7-15(19(2)18-11)16(22)20-8-13(10-21)14(9-20)12-3-5-17-6-4-12/h3-7,13-14,21H,8-10H2,1-2H3/t13-,14-/m0/s1. The summed E-state index contributed by atoms with van der Waals surface area (Å²) in [5.41, 5.74) is 2.53. The van der Waals surface area contributed by atoms with Crippen LogP contribution in [0.15, 0.2) is 30.6 Å². The molecule has 0 aliphatic carbocycles. The van der Waals surface area contributed by atoms with Gasteiger partial charge in [0.2, 0.25) is 0 Å². The Morgan fingerprint density at radius 1 is 1.36 bits per heavy atom. The Morgan fingerprint density at radius 2 is 2.09 bits per heavy atom. The van der Waals surface area contributed by atoms with Crippen molar-refractivity contribution in [3.8, 4) is 0 Å². The van der Waals surface area contributed by atoms with E-state index in [4.69, 9.17) is 0 Å². The predicted octanol–water partition coefficient (Wildman–Crippen LogP) is 0.972. The molecule has 1 aliphatic rings. The maximum Gasteiger partial charge on any atom is 0.272 e. The summed E-state index contributed by atoms with van der Waals surface area (Å²) >= 11 is 0. The Balaban J connectivity index is 1.82. The highest BCUT2D eigenvalue weighted by Crippen LogP contribution is 2.32. The summed E-state index contributed by atoms with van der Waals surface area (Å²) in [6.45, 7) is 3.11. The molecule has 0 unspecified atom stereocenters. The predicted molar refractivity (Wildman–Crippen MR) is 81.4 cm³/mol. The molecule has 1 amide bonds. The molecular formula is C16H20N4O2. The first-order valence-corrected chi connectivity index (χ1v) is 7.41. The van der Waals surface area contributed by atoms with Crippen molar-refractivity contribution in [2.45, 2.75) is 12.8 Å². The summed E-state index contributed by atoms with van der Waals surface area (Å²) in [4.78, 5) is 18.5. The molecule has 6 heteroatoms. The van der Waals surface area contributed by atoms with Crippen molar-refractivity contribution in [2.24, 2.45) is 13.0 Å². The van der Waals surface area contributed by atoms with Gasteiger partial charge in [0.15, 0.2) is 0 Å². The van der Waals surface area contributed by atoms with Gasteiger partial charge in [0.05, 0.1) is 5.69 Å². The van der Waals surface area contributed by atoms with Crippen molar-refractivity contribution in [1.82, 2.24) is 19.7 Å². The zero-order valence-electron chi connectivity index (χ0n) is 12.8. The van der Waals surface area contributed by atoms with E-state index in [0.29, 0.717) is 18.8 Å². The highest BCUT2D eigenvalue weighted by molar-refractivity contribution is 5.93. The van der Waals surface area contributed by atoms with Crippen LogP contribution in [0.2, 0.25) is 0 Å². The van der Waals surface area contributed by atoms with Crippen LogP contribution in [0.25, 0.3) is 0 Å². The number of aliphatic hydroxyl groups is 1. The highest BCUT2D eigenvalue weighted by atomic mass is 16.3. The van der Waals surface area contributed by atoms with E-state index < -0.39 is 0 Å². The van der Waals surface area contributed by atoms with Gasteiger partial charge in [-0.3, -0.25) is 14.5 Å². The lowest BCUT2D eigenvalue weighted by Gasteiger charge is -2.16. The minimum Gasteiger partial charge on any atom is -0.396 e. The number of carbonyl (C=O) groups excluding carboxylic acids is 1. The number of rotatable bonds is 3. The van der Waals surface area contributed by atoms with Gasteiger partial charge in [-0.2, -0.15) is 5.10 Å². The van der Waals surface area contributed by atoms with Crippen LogP contribution >= 0.6 is 0 Å². The lowest BCUT2D eigenvalue weighted by atomic mass is 9.90. The van der Waals surface area contributed by atoms with Crippen molar-refractivity contribution in [2.75, 3.05) is 19.7 Å². The molecule has 0 bridgehead atoms. The number of carbonyl (C=O) groups is 1. The molecule has 6 nitrogen and oxygen atoms in total. The number of aromatic nitrogens is 3. The van der Waals surface area contributed by atoms with Crippen LogP contribution in [0.3, 0.4) is 0 Å². The summed E-state index contributed by atoms with van der Waals surface area (Å²) in [6.07, 6.45) is 3.50. The van der Waals surface area contributed by atoms with Crippen LogP contribution in [0.4, 0.5) is 0 Å². The van der Waals surface area contributed by atoms with E-state index in [1.165, 1.54) is 0 Å². The highest BCUT2D eigenvalue weighted by Gasteiger charge is 2.36. The molecule has 2 atom stereocenters. The van der Waals surface area contributed by atoms with Crippen LogP contribution in [0.5, 0.6) is 0 Å². The monoisotopic (exact) mass is 300 g/mol. The van der Waals surface area contributed by atoms with E-state index in [9.17, 15) is 9.90 Å². The maximum atomic E-state index is 12.7. The van der Waals surface area contributed by atoms with Gasteiger partial charge >= 0.3 is 0 Å². The molecule has 0 aromatic carbocycles. The number of hydrogen-bond donors (Lipinski definition) is 1. The Bertz CT molecular complexity index is 668. The number of aryl methyl sites for hydroxylation is 2. The van der Waals surface area contributed by atoms with E-state index in [1.54, 1.807) is 30.2 Å². The molecular weight excluding hydrogens is 280 g/mol. The number of pyridine rings is 1. The summed E-state index contributed by atoms with van der Waals surface area (Å²) < 4.78 is 1.62. The first-order chi connectivity index (χ1) is 10.6. The average molecular weight is 300 g/mol. The second kappa shape index (κ2) is 5.88. The first kappa shape index (κ1) is 14.7. The molecule has 2 aromatic rings. The zero-order valence-corrected chi connectivity index (χ0v) is 12.8. The molecule has 1 aliphatic heterocycles. The number of likely N-dealkylation sites (tertiary alicyclic amines) is 1. The largest absolute Gasteiger partial charge is 0.396 e. The Labute approximate surface area is 129 Å².